The van der Waals surface area contributed by atoms with Gasteiger partial charge in [-0.3, -0.25) is 0 Å². The summed E-state index contributed by atoms with van der Waals surface area (Å²) in [6.07, 6.45) is 15.8. The summed E-state index contributed by atoms with van der Waals surface area (Å²) < 4.78 is 0. The van der Waals surface area contributed by atoms with Gasteiger partial charge < -0.3 is 4.90 Å². The first-order valence-electron chi connectivity index (χ1n) is 11.5. The van der Waals surface area contributed by atoms with Gasteiger partial charge in [0.25, 0.3) is 0 Å². The van der Waals surface area contributed by atoms with Crippen LogP contribution in [0.1, 0.15) is 51.3 Å². The molecule has 0 aliphatic carbocycles. The number of hydrogen-bond acceptors (Lipinski definition) is 1. The molecule has 1 aliphatic heterocycles. The molecule has 0 N–H and O–H groups in total. The van der Waals surface area contributed by atoms with Crippen LogP contribution in [0.5, 0.6) is 0 Å². The maximum absolute atomic E-state index is 4.35. The third-order valence-electron chi connectivity index (χ3n) is 6.81. The van der Waals surface area contributed by atoms with Crippen molar-refractivity contribution in [1.29, 1.82) is 0 Å². The molecular weight excluding hydrogens is 386 g/mol. The van der Waals surface area contributed by atoms with Crippen molar-refractivity contribution in [1.82, 2.24) is 0 Å². The third kappa shape index (κ3) is 4.58. The molecule has 1 nitrogen and oxygen atoms in total. The fraction of sp³-hybridized carbons (Fsp3) is 0.290. The highest BCUT2D eigenvalue weighted by Gasteiger charge is 2.37. The minimum atomic E-state index is -0.0924. The van der Waals surface area contributed by atoms with Crippen molar-refractivity contribution in [2.75, 3.05) is 11.9 Å². The Balaban J connectivity index is 1.65. The largest absolute Gasteiger partial charge is 0.347 e. The van der Waals surface area contributed by atoms with Crippen molar-refractivity contribution in [2.24, 2.45) is 0 Å². The zero-order valence-electron chi connectivity index (χ0n) is 20.5. The second-order valence-electron chi connectivity index (χ2n) is 9.54. The van der Waals surface area contributed by atoms with E-state index < -0.39 is 0 Å². The van der Waals surface area contributed by atoms with Gasteiger partial charge in [-0.25, -0.2) is 0 Å². The number of aryl methyl sites for hydroxylation is 1. The highest BCUT2D eigenvalue weighted by atomic mass is 15.2. The monoisotopic (exact) mass is 423 g/mol. The van der Waals surface area contributed by atoms with Crippen LogP contribution < -0.4 is 4.90 Å². The highest BCUT2D eigenvalue weighted by Crippen LogP contribution is 2.46. The van der Waals surface area contributed by atoms with E-state index in [-0.39, 0.29) is 10.8 Å². The van der Waals surface area contributed by atoms with Gasteiger partial charge in [0.2, 0.25) is 0 Å². The number of likely N-dealkylation sites (N-methyl/N-ethyl adjacent to an activating group) is 1. The number of benzene rings is 2. The molecule has 0 radical (unpaired) electrons. The Bertz CT molecular complexity index is 1090. The molecule has 166 valence electrons. The first kappa shape index (κ1) is 23.6. The van der Waals surface area contributed by atoms with Crippen LogP contribution in [0.2, 0.25) is 0 Å². The fourth-order valence-electron chi connectivity index (χ4n) is 4.63. The van der Waals surface area contributed by atoms with E-state index in [1.807, 2.05) is 0 Å². The molecule has 1 heteroatoms. The number of nitrogens with zero attached hydrogens (tertiary/aromatic N) is 1. The molecule has 0 saturated carbocycles. The Labute approximate surface area is 195 Å². The van der Waals surface area contributed by atoms with E-state index in [0.29, 0.717) is 0 Å². The van der Waals surface area contributed by atoms with Crippen molar-refractivity contribution in [3.05, 3.63) is 126 Å². The molecule has 0 unspecified atom stereocenters. The lowest BCUT2D eigenvalue weighted by Gasteiger charge is -2.28. The summed E-state index contributed by atoms with van der Waals surface area (Å²) >= 11 is 0. The predicted octanol–water partition coefficient (Wildman–Crippen LogP) is 8.06. The summed E-state index contributed by atoms with van der Waals surface area (Å²) in [4.78, 5) is 2.30. The van der Waals surface area contributed by atoms with Crippen molar-refractivity contribution < 1.29 is 0 Å². The van der Waals surface area contributed by atoms with Crippen LogP contribution >= 0.6 is 0 Å². The van der Waals surface area contributed by atoms with E-state index in [1.54, 1.807) is 0 Å². The molecule has 2 aromatic carbocycles. The second kappa shape index (κ2) is 9.61. The molecule has 0 amide bonds. The Kier molecular flexibility index (Phi) is 7.09. The number of hydrogen-bond donors (Lipinski definition) is 0. The van der Waals surface area contributed by atoms with Crippen LogP contribution in [0.15, 0.2) is 109 Å². The molecule has 0 spiro atoms. The van der Waals surface area contributed by atoms with Gasteiger partial charge in [-0.05, 0) is 40.8 Å². The molecule has 0 aromatic heterocycles. The molecule has 3 rings (SSSR count). The molecule has 1 heterocycles. The topological polar surface area (TPSA) is 3.24 Å². The molecule has 0 saturated heterocycles. The Morgan fingerprint density at radius 3 is 2.28 bits per heavy atom. The lowest BCUT2D eigenvalue weighted by Crippen LogP contribution is -2.22. The first-order valence-corrected chi connectivity index (χ1v) is 11.5. The Morgan fingerprint density at radius 2 is 1.56 bits per heavy atom. The summed E-state index contributed by atoms with van der Waals surface area (Å²) in [7, 11) is 2.15. The average molecular weight is 424 g/mol. The summed E-state index contributed by atoms with van der Waals surface area (Å²) in [5.74, 6) is 0. The molecule has 32 heavy (non-hydrogen) atoms. The van der Waals surface area contributed by atoms with Gasteiger partial charge in [-0.1, -0.05) is 120 Å². The van der Waals surface area contributed by atoms with Crippen molar-refractivity contribution in [2.45, 2.75) is 51.9 Å². The summed E-state index contributed by atoms with van der Waals surface area (Å²) in [6, 6.07) is 17.3. The van der Waals surface area contributed by atoms with Crippen LogP contribution in [0.4, 0.5) is 5.69 Å². The molecule has 0 atom stereocenters. The van der Waals surface area contributed by atoms with E-state index in [0.717, 1.165) is 12.0 Å². The second-order valence-corrected chi connectivity index (χ2v) is 9.54. The third-order valence-corrected chi connectivity index (χ3v) is 6.81. The minimum Gasteiger partial charge on any atom is -0.347 e. The highest BCUT2D eigenvalue weighted by molar-refractivity contribution is 5.70. The van der Waals surface area contributed by atoms with E-state index in [2.05, 4.69) is 144 Å². The van der Waals surface area contributed by atoms with E-state index in [1.165, 1.54) is 28.1 Å². The van der Waals surface area contributed by atoms with Gasteiger partial charge in [0.15, 0.2) is 0 Å². The zero-order chi connectivity index (χ0) is 23.4. The average Bonchev–Trinajstić information content (AvgIpc) is 2.98. The summed E-state index contributed by atoms with van der Waals surface area (Å²) in [6.45, 7) is 15.6. The number of allylic oxidation sites excluding steroid dienone is 9. The SMILES string of the molecule is C=C(C=CC=CC=CC=C1N(C)c2ccccc2C1(C)C)C(C)(C)c1ccccc1CC. The van der Waals surface area contributed by atoms with Crippen molar-refractivity contribution in [3.63, 3.8) is 0 Å². The lowest BCUT2D eigenvalue weighted by atomic mass is 9.75. The molecule has 0 fully saturated rings. The van der Waals surface area contributed by atoms with Crippen LogP contribution in [0.3, 0.4) is 0 Å². The van der Waals surface area contributed by atoms with Gasteiger partial charge in [-0.2, -0.15) is 0 Å². The Hall–Kier alpha value is -3.06. The normalized spacial score (nSPS) is 17.2. The summed E-state index contributed by atoms with van der Waals surface area (Å²) in [5.41, 5.74) is 7.76. The van der Waals surface area contributed by atoms with Crippen LogP contribution in [-0.4, -0.2) is 7.05 Å². The van der Waals surface area contributed by atoms with Gasteiger partial charge in [0.1, 0.15) is 0 Å². The van der Waals surface area contributed by atoms with E-state index >= 15 is 0 Å². The standard InChI is InChI=1S/C31H37N/c1-8-25-19-14-15-20-26(25)30(3,4)24(2)18-12-10-9-11-13-23-29-31(5,6)27-21-16-17-22-28(27)32(29)7/h9-23H,2,8H2,1,3-7H3. The quantitative estimate of drug-likeness (QED) is 0.407. The molecular formula is C31H37N. The predicted molar refractivity (Wildman–Crippen MR) is 141 cm³/mol. The van der Waals surface area contributed by atoms with Gasteiger partial charge in [-0.15, -0.1) is 0 Å². The smallest absolute Gasteiger partial charge is 0.0447 e. The number of rotatable bonds is 7. The van der Waals surface area contributed by atoms with Crippen LogP contribution in [0.25, 0.3) is 0 Å². The van der Waals surface area contributed by atoms with E-state index in [9.17, 15) is 0 Å². The molecule has 2 aromatic rings. The Morgan fingerprint density at radius 1 is 0.938 bits per heavy atom. The number of anilines is 1. The van der Waals surface area contributed by atoms with Gasteiger partial charge >= 0.3 is 0 Å². The van der Waals surface area contributed by atoms with Crippen LogP contribution in [0, 0.1) is 0 Å². The minimum absolute atomic E-state index is 0.0113. The van der Waals surface area contributed by atoms with Gasteiger partial charge in [0, 0.05) is 29.3 Å². The number of para-hydroxylation sites is 1. The molecule has 0 bridgehead atoms. The van der Waals surface area contributed by atoms with E-state index in [4.69, 9.17) is 0 Å². The molecule has 1 aliphatic rings. The maximum atomic E-state index is 4.35. The summed E-state index contributed by atoms with van der Waals surface area (Å²) in [5, 5.41) is 0. The number of fused-ring (bicyclic) bond motifs is 1. The zero-order valence-corrected chi connectivity index (χ0v) is 20.5. The van der Waals surface area contributed by atoms with Crippen molar-refractivity contribution in [3.8, 4) is 0 Å². The van der Waals surface area contributed by atoms with Crippen LogP contribution in [-0.2, 0) is 17.3 Å². The first-order chi connectivity index (χ1) is 15.2. The fourth-order valence-corrected chi connectivity index (χ4v) is 4.63. The van der Waals surface area contributed by atoms with Crippen molar-refractivity contribution >= 4 is 5.69 Å². The maximum Gasteiger partial charge on any atom is 0.0447 e. The lowest BCUT2D eigenvalue weighted by molar-refractivity contribution is 0.633. The van der Waals surface area contributed by atoms with Gasteiger partial charge in [0.05, 0.1) is 0 Å².